The summed E-state index contributed by atoms with van der Waals surface area (Å²) >= 11 is 0. The minimum atomic E-state index is -1.41. The summed E-state index contributed by atoms with van der Waals surface area (Å²) in [7, 11) is 0. The maximum absolute atomic E-state index is 8.23. The second-order valence-corrected chi connectivity index (χ2v) is 1.25. The largest absolute Gasteiger partial charge is 0.362 e. The van der Waals surface area contributed by atoms with Gasteiger partial charge in [-0.2, -0.15) is 0 Å². The van der Waals surface area contributed by atoms with Crippen molar-refractivity contribution in [2.24, 2.45) is 4.99 Å². The van der Waals surface area contributed by atoms with Crippen LogP contribution in [-0.4, -0.2) is 29.0 Å². The number of hydrogen-bond donors (Lipinski definition) is 3. The number of aliphatic hydroxyl groups is 2. The molecule has 4 heteroatoms. The Kier molecular flexibility index (Phi) is 0.958. The van der Waals surface area contributed by atoms with E-state index in [0.717, 1.165) is 0 Å². The Bertz CT molecular complexity index is 99.1. The van der Waals surface area contributed by atoms with Crippen LogP contribution in [0, 0.1) is 0 Å². The van der Waals surface area contributed by atoms with Gasteiger partial charge in [-0.05, 0) is 0 Å². The van der Waals surface area contributed by atoms with Crippen LogP contribution in [0.2, 0.25) is 0 Å². The third-order valence-corrected chi connectivity index (χ3v) is 0.754. The average molecular weight is 102 g/mol. The van der Waals surface area contributed by atoms with E-state index >= 15 is 0 Å². The zero-order chi connectivity index (χ0) is 5.28. The van der Waals surface area contributed by atoms with Gasteiger partial charge in [-0.1, -0.05) is 0 Å². The molecule has 0 spiro atoms. The van der Waals surface area contributed by atoms with Crippen LogP contribution in [0.5, 0.6) is 0 Å². The molecule has 0 radical (unpaired) electrons. The molecule has 0 aliphatic carbocycles. The zero-order valence-corrected chi connectivity index (χ0v) is 3.63. The lowest BCUT2D eigenvalue weighted by Crippen LogP contribution is -2.42. The summed E-state index contributed by atoms with van der Waals surface area (Å²) in [5.41, 5.74) is 0. The molecule has 0 aromatic rings. The Morgan fingerprint density at radius 2 is 2.29 bits per heavy atom. The van der Waals surface area contributed by atoms with Gasteiger partial charge in [0.1, 0.15) is 6.67 Å². The molecule has 0 unspecified atom stereocenters. The van der Waals surface area contributed by atoms with Crippen molar-refractivity contribution >= 4 is 5.84 Å². The lowest BCUT2D eigenvalue weighted by molar-refractivity contribution is 0.0145. The van der Waals surface area contributed by atoms with Crippen molar-refractivity contribution in [3.63, 3.8) is 0 Å². The van der Waals surface area contributed by atoms with Crippen molar-refractivity contribution < 1.29 is 10.2 Å². The summed E-state index contributed by atoms with van der Waals surface area (Å²) < 4.78 is 0. The third-order valence-electron chi connectivity index (χ3n) is 0.754. The second kappa shape index (κ2) is 1.48. The molecule has 1 rings (SSSR count). The lowest BCUT2D eigenvalue weighted by Gasteiger charge is -2.16. The number of rotatable bonds is 1. The highest BCUT2D eigenvalue weighted by Gasteiger charge is 2.12. The number of nitrogens with one attached hydrogen (secondary N) is 1. The zero-order valence-electron chi connectivity index (χ0n) is 3.63. The van der Waals surface area contributed by atoms with Gasteiger partial charge in [-0.15, -0.1) is 0 Å². The predicted molar refractivity (Wildman–Crippen MR) is 23.7 cm³/mol. The Morgan fingerprint density at radius 1 is 1.71 bits per heavy atom. The molecule has 0 saturated carbocycles. The molecule has 1 aliphatic rings. The normalized spacial score (nSPS) is 17.9. The first-order chi connectivity index (χ1) is 3.30. The fraction of sp³-hybridized carbons (Fsp3) is 0.667. The Hall–Kier alpha value is -0.610. The maximum atomic E-state index is 8.23. The molecule has 3 N–H and O–H groups in total. The number of aliphatic hydroxyl groups excluding tert-OH is 1. The summed E-state index contributed by atoms with van der Waals surface area (Å²) in [6.45, 7) is 0.507. The van der Waals surface area contributed by atoms with Crippen molar-refractivity contribution in [1.82, 2.24) is 5.32 Å². The quantitative estimate of drug-likeness (QED) is 0.344. The molecule has 7 heavy (non-hydrogen) atoms. The molecule has 0 saturated heterocycles. The highest BCUT2D eigenvalue weighted by atomic mass is 16.5. The molecule has 0 atom stereocenters. The van der Waals surface area contributed by atoms with E-state index in [1.165, 1.54) is 0 Å². The van der Waals surface area contributed by atoms with Crippen LogP contribution in [0.3, 0.4) is 0 Å². The predicted octanol–water partition coefficient (Wildman–Crippen LogP) is -1.74. The summed E-state index contributed by atoms with van der Waals surface area (Å²) in [5.74, 6) is 0.264. The van der Waals surface area contributed by atoms with Gasteiger partial charge < -0.3 is 15.5 Å². The molecule has 0 bridgehead atoms. The molecular weight excluding hydrogens is 96.0 g/mol. The van der Waals surface area contributed by atoms with E-state index in [1.54, 1.807) is 0 Å². The first kappa shape index (κ1) is 4.55. The van der Waals surface area contributed by atoms with Crippen LogP contribution in [0.4, 0.5) is 0 Å². The van der Waals surface area contributed by atoms with E-state index in [-0.39, 0.29) is 5.84 Å². The van der Waals surface area contributed by atoms with Crippen molar-refractivity contribution in [2.75, 3.05) is 6.67 Å². The highest BCUT2D eigenvalue weighted by molar-refractivity contribution is 5.88. The number of nitrogens with zero attached hydrogens (tertiary/aromatic N) is 1. The SMILES string of the molecule is OC(O)C1=NCN1. The van der Waals surface area contributed by atoms with Crippen molar-refractivity contribution in [1.29, 1.82) is 0 Å². The summed E-state index contributed by atoms with van der Waals surface area (Å²) in [4.78, 5) is 3.57. The molecule has 0 fully saturated rings. The van der Waals surface area contributed by atoms with Gasteiger partial charge in [0.15, 0.2) is 5.84 Å². The highest BCUT2D eigenvalue weighted by Crippen LogP contribution is 1.87. The topological polar surface area (TPSA) is 64.8 Å². The molecule has 0 aromatic heterocycles. The fourth-order valence-electron chi connectivity index (χ4n) is 0.343. The standard InChI is InChI=1S/C3H6N2O2/c6-3(7)2-4-1-5-2/h3,6-7H,1H2,(H,4,5). The minimum Gasteiger partial charge on any atom is -0.362 e. The molecule has 40 valence electrons. The summed E-state index contributed by atoms with van der Waals surface area (Å²) in [6.07, 6.45) is -1.41. The number of hydrogen-bond acceptors (Lipinski definition) is 4. The van der Waals surface area contributed by atoms with Gasteiger partial charge in [0.2, 0.25) is 6.29 Å². The van der Waals surface area contributed by atoms with E-state index in [2.05, 4.69) is 10.3 Å². The van der Waals surface area contributed by atoms with Gasteiger partial charge in [-0.3, -0.25) is 0 Å². The molecule has 0 aromatic carbocycles. The smallest absolute Gasteiger partial charge is 0.211 e. The Labute approximate surface area is 40.5 Å². The van der Waals surface area contributed by atoms with E-state index in [1.807, 2.05) is 0 Å². The van der Waals surface area contributed by atoms with Gasteiger partial charge >= 0.3 is 0 Å². The first-order valence-corrected chi connectivity index (χ1v) is 1.95. The van der Waals surface area contributed by atoms with Crippen LogP contribution in [-0.2, 0) is 0 Å². The van der Waals surface area contributed by atoms with Crippen molar-refractivity contribution in [3.05, 3.63) is 0 Å². The van der Waals surface area contributed by atoms with Crippen molar-refractivity contribution in [3.8, 4) is 0 Å². The van der Waals surface area contributed by atoms with E-state index < -0.39 is 6.29 Å². The van der Waals surface area contributed by atoms with Crippen LogP contribution in [0.15, 0.2) is 4.99 Å². The molecule has 1 heterocycles. The van der Waals surface area contributed by atoms with E-state index in [0.29, 0.717) is 6.67 Å². The van der Waals surface area contributed by atoms with Crippen LogP contribution < -0.4 is 5.32 Å². The van der Waals surface area contributed by atoms with Gasteiger partial charge in [-0.25, -0.2) is 4.99 Å². The second-order valence-electron chi connectivity index (χ2n) is 1.25. The Balaban J connectivity index is 2.40. The lowest BCUT2D eigenvalue weighted by atomic mass is 10.5. The molecule has 1 aliphatic heterocycles. The Morgan fingerprint density at radius 3 is 2.29 bits per heavy atom. The third kappa shape index (κ3) is 0.703. The number of aliphatic imine (C=N–C) groups is 1. The van der Waals surface area contributed by atoms with E-state index in [4.69, 9.17) is 10.2 Å². The van der Waals surface area contributed by atoms with E-state index in [9.17, 15) is 0 Å². The van der Waals surface area contributed by atoms with Crippen molar-refractivity contribution in [2.45, 2.75) is 6.29 Å². The van der Waals surface area contributed by atoms with Gasteiger partial charge in [0.25, 0.3) is 0 Å². The molecule has 4 nitrogen and oxygen atoms in total. The molecular formula is C3H6N2O2. The first-order valence-electron chi connectivity index (χ1n) is 1.95. The minimum absolute atomic E-state index is 0.264. The van der Waals surface area contributed by atoms with Gasteiger partial charge in [0, 0.05) is 0 Å². The molecule has 0 amide bonds. The fourth-order valence-corrected chi connectivity index (χ4v) is 0.343. The van der Waals surface area contributed by atoms with Gasteiger partial charge in [0.05, 0.1) is 0 Å². The summed E-state index contributed by atoms with van der Waals surface area (Å²) in [5, 5.41) is 19.1. The monoisotopic (exact) mass is 102 g/mol. The van der Waals surface area contributed by atoms with Crippen LogP contribution >= 0.6 is 0 Å². The van der Waals surface area contributed by atoms with Crippen LogP contribution in [0.1, 0.15) is 0 Å². The summed E-state index contributed by atoms with van der Waals surface area (Å²) in [6, 6.07) is 0. The average Bonchev–Trinajstić information content (AvgIpc) is 1.23. The number of amidine groups is 1. The van der Waals surface area contributed by atoms with Crippen LogP contribution in [0.25, 0.3) is 0 Å². The maximum Gasteiger partial charge on any atom is 0.211 e.